The predicted octanol–water partition coefficient (Wildman–Crippen LogP) is 2.49. The van der Waals surface area contributed by atoms with Gasteiger partial charge in [0.25, 0.3) is 0 Å². The molecule has 1 aromatic rings. The van der Waals surface area contributed by atoms with Crippen molar-refractivity contribution < 1.29 is 4.52 Å². The Hall–Kier alpha value is -1.31. The molecule has 2 nitrogen and oxygen atoms in total. The Labute approximate surface area is 66.2 Å². The highest BCUT2D eigenvalue weighted by Gasteiger charge is 2.02. The largest absolute Gasteiger partial charge is 0.356 e. The van der Waals surface area contributed by atoms with Crippen molar-refractivity contribution in [2.75, 3.05) is 0 Å². The molecule has 0 fully saturated rings. The molecule has 0 atom stereocenters. The van der Waals surface area contributed by atoms with Crippen molar-refractivity contribution in [3.8, 4) is 0 Å². The normalized spacial score (nSPS) is 10.7. The van der Waals surface area contributed by atoms with Gasteiger partial charge in [-0.15, -0.1) is 0 Å². The van der Waals surface area contributed by atoms with E-state index in [2.05, 4.69) is 11.7 Å². The van der Waals surface area contributed by atoms with Gasteiger partial charge in [-0.05, 0) is 19.9 Å². The third kappa shape index (κ3) is 1.58. The molecule has 0 aliphatic heterocycles. The molecular weight excluding hydrogens is 138 g/mol. The van der Waals surface area contributed by atoms with Crippen LogP contribution in [-0.4, -0.2) is 5.16 Å². The lowest BCUT2D eigenvalue weighted by atomic mass is 10.2. The molecule has 0 aliphatic carbocycles. The summed E-state index contributed by atoms with van der Waals surface area (Å²) in [5.74, 6) is 0.808. The van der Waals surface area contributed by atoms with Crippen LogP contribution in [0.15, 0.2) is 23.3 Å². The predicted molar refractivity (Wildman–Crippen MR) is 45.2 cm³/mol. The second-order valence-electron chi connectivity index (χ2n) is 2.35. The summed E-state index contributed by atoms with van der Waals surface area (Å²) in [6.45, 7) is 7.46. The maximum absolute atomic E-state index is 5.01. The average Bonchev–Trinajstić information content (AvgIpc) is 2.31. The Morgan fingerprint density at radius 3 is 2.64 bits per heavy atom. The molecule has 0 N–H and O–H groups in total. The fraction of sp³-hybridized carbons (Fsp3) is 0.222. The highest BCUT2D eigenvalue weighted by Crippen LogP contribution is 2.12. The van der Waals surface area contributed by atoms with Gasteiger partial charge in [-0.3, -0.25) is 0 Å². The molecule has 58 valence electrons. The second-order valence-corrected chi connectivity index (χ2v) is 2.35. The van der Waals surface area contributed by atoms with Gasteiger partial charge >= 0.3 is 0 Å². The van der Waals surface area contributed by atoms with Crippen molar-refractivity contribution in [2.24, 2.45) is 0 Å². The Balaban J connectivity index is 2.95. The SMILES string of the molecule is C=C/C=C\c1onc(C)c1C. The number of aryl methyl sites for hydroxylation is 1. The maximum atomic E-state index is 5.01. The number of allylic oxidation sites excluding steroid dienone is 2. The molecule has 0 saturated carbocycles. The van der Waals surface area contributed by atoms with Gasteiger partial charge in [0.2, 0.25) is 0 Å². The first kappa shape index (κ1) is 7.79. The molecule has 0 aliphatic rings. The first-order valence-electron chi connectivity index (χ1n) is 3.47. The number of hydrogen-bond acceptors (Lipinski definition) is 2. The fourth-order valence-corrected chi connectivity index (χ4v) is 0.744. The Morgan fingerprint density at radius 1 is 1.45 bits per heavy atom. The van der Waals surface area contributed by atoms with Crippen LogP contribution in [0.3, 0.4) is 0 Å². The molecule has 0 aromatic carbocycles. The van der Waals surface area contributed by atoms with Crippen molar-refractivity contribution >= 4 is 6.08 Å². The van der Waals surface area contributed by atoms with Crippen LogP contribution >= 0.6 is 0 Å². The lowest BCUT2D eigenvalue weighted by molar-refractivity contribution is 0.407. The van der Waals surface area contributed by atoms with E-state index in [0.717, 1.165) is 17.0 Å². The molecule has 1 rings (SSSR count). The van der Waals surface area contributed by atoms with Gasteiger partial charge in [0.15, 0.2) is 5.76 Å². The highest BCUT2D eigenvalue weighted by atomic mass is 16.5. The minimum Gasteiger partial charge on any atom is -0.356 e. The average molecular weight is 149 g/mol. The zero-order valence-electron chi connectivity index (χ0n) is 6.79. The van der Waals surface area contributed by atoms with E-state index in [1.54, 1.807) is 6.08 Å². The minimum atomic E-state index is 0.808. The van der Waals surface area contributed by atoms with Crippen LogP contribution in [0.5, 0.6) is 0 Å². The van der Waals surface area contributed by atoms with Gasteiger partial charge in [-0.2, -0.15) is 0 Å². The lowest BCUT2D eigenvalue weighted by Gasteiger charge is -1.84. The Morgan fingerprint density at radius 2 is 2.18 bits per heavy atom. The first-order valence-corrected chi connectivity index (χ1v) is 3.47. The van der Waals surface area contributed by atoms with Gasteiger partial charge in [-0.25, -0.2) is 0 Å². The zero-order valence-corrected chi connectivity index (χ0v) is 6.79. The molecule has 0 saturated heterocycles. The quantitative estimate of drug-likeness (QED) is 0.604. The third-order valence-electron chi connectivity index (χ3n) is 1.58. The standard InChI is InChI=1S/C9H11NO/c1-4-5-6-9-7(2)8(3)10-11-9/h4-6H,1H2,2-3H3/b6-5-. The smallest absolute Gasteiger partial charge is 0.162 e. The minimum absolute atomic E-state index is 0.808. The van der Waals surface area contributed by atoms with Gasteiger partial charge in [0.1, 0.15) is 0 Å². The second kappa shape index (κ2) is 3.19. The summed E-state index contributed by atoms with van der Waals surface area (Å²) in [7, 11) is 0. The zero-order chi connectivity index (χ0) is 8.27. The Kier molecular flexibility index (Phi) is 2.26. The van der Waals surface area contributed by atoms with Crippen molar-refractivity contribution in [2.45, 2.75) is 13.8 Å². The van der Waals surface area contributed by atoms with Crippen molar-refractivity contribution in [3.63, 3.8) is 0 Å². The molecule has 1 heterocycles. The molecule has 0 spiro atoms. The monoisotopic (exact) mass is 149 g/mol. The van der Waals surface area contributed by atoms with Crippen LogP contribution in [0.25, 0.3) is 6.08 Å². The third-order valence-corrected chi connectivity index (χ3v) is 1.58. The van der Waals surface area contributed by atoms with Crippen LogP contribution in [0.2, 0.25) is 0 Å². The summed E-state index contributed by atoms with van der Waals surface area (Å²) in [5.41, 5.74) is 2.02. The number of aromatic nitrogens is 1. The Bertz CT molecular complexity index is 284. The number of hydrogen-bond donors (Lipinski definition) is 0. The topological polar surface area (TPSA) is 26.0 Å². The fourth-order valence-electron chi connectivity index (χ4n) is 0.744. The van der Waals surface area contributed by atoms with E-state index in [-0.39, 0.29) is 0 Å². The summed E-state index contributed by atoms with van der Waals surface area (Å²) in [6, 6.07) is 0. The molecule has 11 heavy (non-hydrogen) atoms. The van der Waals surface area contributed by atoms with E-state index in [9.17, 15) is 0 Å². The van der Waals surface area contributed by atoms with Crippen LogP contribution in [0, 0.1) is 13.8 Å². The van der Waals surface area contributed by atoms with Crippen LogP contribution in [-0.2, 0) is 0 Å². The molecule has 1 aromatic heterocycles. The van der Waals surface area contributed by atoms with E-state index in [4.69, 9.17) is 4.52 Å². The van der Waals surface area contributed by atoms with Crippen LogP contribution < -0.4 is 0 Å². The molecule has 0 amide bonds. The maximum Gasteiger partial charge on any atom is 0.162 e. The first-order chi connectivity index (χ1) is 5.25. The van der Waals surface area contributed by atoms with Gasteiger partial charge in [0, 0.05) is 5.56 Å². The van der Waals surface area contributed by atoms with E-state index >= 15 is 0 Å². The summed E-state index contributed by atoms with van der Waals surface area (Å²) in [4.78, 5) is 0. The molecule has 0 bridgehead atoms. The van der Waals surface area contributed by atoms with Crippen molar-refractivity contribution in [1.82, 2.24) is 5.16 Å². The number of nitrogens with zero attached hydrogens (tertiary/aromatic N) is 1. The summed E-state index contributed by atoms with van der Waals surface area (Å²) in [6.07, 6.45) is 5.38. The summed E-state index contributed by atoms with van der Waals surface area (Å²) < 4.78 is 5.01. The van der Waals surface area contributed by atoms with Crippen LogP contribution in [0.4, 0.5) is 0 Å². The molecular formula is C9H11NO. The summed E-state index contributed by atoms with van der Waals surface area (Å²) >= 11 is 0. The van der Waals surface area contributed by atoms with Gasteiger partial charge in [-0.1, -0.05) is 23.9 Å². The summed E-state index contributed by atoms with van der Waals surface area (Å²) in [5, 5.41) is 3.81. The highest BCUT2D eigenvalue weighted by molar-refractivity contribution is 5.49. The number of rotatable bonds is 2. The van der Waals surface area contributed by atoms with E-state index in [0.29, 0.717) is 0 Å². The van der Waals surface area contributed by atoms with Gasteiger partial charge < -0.3 is 4.52 Å². The molecule has 0 radical (unpaired) electrons. The van der Waals surface area contributed by atoms with Gasteiger partial charge in [0.05, 0.1) is 5.69 Å². The molecule has 2 heteroatoms. The van der Waals surface area contributed by atoms with E-state index < -0.39 is 0 Å². The van der Waals surface area contributed by atoms with E-state index in [1.807, 2.05) is 26.0 Å². The van der Waals surface area contributed by atoms with E-state index in [1.165, 1.54) is 0 Å². The van der Waals surface area contributed by atoms with Crippen molar-refractivity contribution in [3.05, 3.63) is 35.7 Å². The van der Waals surface area contributed by atoms with Crippen molar-refractivity contribution in [1.29, 1.82) is 0 Å². The molecule has 0 unspecified atom stereocenters. The lowest BCUT2D eigenvalue weighted by Crippen LogP contribution is -1.74. The van der Waals surface area contributed by atoms with Crippen LogP contribution in [0.1, 0.15) is 17.0 Å².